The largest absolute Gasteiger partial charge is 0.478 e. The molecule has 2 unspecified atom stereocenters. The summed E-state index contributed by atoms with van der Waals surface area (Å²) in [4.78, 5) is 18.2. The summed E-state index contributed by atoms with van der Waals surface area (Å²) >= 11 is 0. The van der Waals surface area contributed by atoms with Gasteiger partial charge in [-0.05, 0) is 45.7 Å². The highest BCUT2D eigenvalue weighted by molar-refractivity contribution is 5.95. The van der Waals surface area contributed by atoms with Gasteiger partial charge in [0.1, 0.15) is 5.56 Å². The molecule has 0 aromatic carbocycles. The van der Waals surface area contributed by atoms with Crippen LogP contribution in [-0.2, 0) is 0 Å². The van der Waals surface area contributed by atoms with E-state index in [0.717, 1.165) is 24.3 Å². The zero-order chi connectivity index (χ0) is 14.3. The second kappa shape index (κ2) is 5.05. The lowest BCUT2D eigenvalue weighted by atomic mass is 10.0. The smallest absolute Gasteiger partial charge is 0.339 e. The summed E-state index contributed by atoms with van der Waals surface area (Å²) in [6.45, 7) is 5.97. The maximum atomic E-state index is 11.5. The number of carboxylic acid groups (broad SMARTS) is 1. The van der Waals surface area contributed by atoms with Crippen LogP contribution in [0.15, 0.2) is 6.07 Å². The van der Waals surface area contributed by atoms with Crippen LogP contribution in [-0.4, -0.2) is 46.1 Å². The number of nitrogens with one attached hydrogen (secondary N) is 1. The molecule has 0 amide bonds. The van der Waals surface area contributed by atoms with E-state index in [1.165, 1.54) is 19.4 Å². The van der Waals surface area contributed by atoms with E-state index < -0.39 is 5.97 Å². The standard InChI is InChI=1S/C15H21N3O2/c1-9-8-12(14(15(19)20)10(2)16-9)17-11-5-7-18-6-3-4-13(11)18/h8,11,13H,3-7H2,1-2H3,(H,16,17)(H,19,20). The number of aryl methyl sites for hydroxylation is 2. The third kappa shape index (κ3) is 2.26. The van der Waals surface area contributed by atoms with Crippen LogP contribution in [0.3, 0.4) is 0 Å². The highest BCUT2D eigenvalue weighted by Gasteiger charge is 2.37. The summed E-state index contributed by atoms with van der Waals surface area (Å²) in [6.07, 6.45) is 3.55. The Morgan fingerprint density at radius 3 is 2.95 bits per heavy atom. The number of carboxylic acids is 1. The maximum absolute atomic E-state index is 11.5. The molecule has 2 aliphatic heterocycles. The predicted molar refractivity (Wildman–Crippen MR) is 77.3 cm³/mol. The summed E-state index contributed by atoms with van der Waals surface area (Å²) in [5.41, 5.74) is 2.48. The van der Waals surface area contributed by atoms with Gasteiger partial charge in [-0.3, -0.25) is 9.88 Å². The SMILES string of the molecule is Cc1cc(NC2CCN3CCCC23)c(C(=O)O)c(C)n1. The van der Waals surface area contributed by atoms with Crippen molar-refractivity contribution < 1.29 is 9.90 Å². The highest BCUT2D eigenvalue weighted by Crippen LogP contribution is 2.31. The average molecular weight is 275 g/mol. The highest BCUT2D eigenvalue weighted by atomic mass is 16.4. The molecule has 108 valence electrons. The summed E-state index contributed by atoms with van der Waals surface area (Å²) in [6, 6.07) is 2.77. The molecule has 1 aromatic rings. The van der Waals surface area contributed by atoms with Crippen LogP contribution in [0.25, 0.3) is 0 Å². The molecule has 20 heavy (non-hydrogen) atoms. The lowest BCUT2D eigenvalue weighted by Gasteiger charge is -2.23. The summed E-state index contributed by atoms with van der Waals surface area (Å²) in [7, 11) is 0. The predicted octanol–water partition coefficient (Wildman–Crippen LogP) is 2.05. The van der Waals surface area contributed by atoms with Crippen LogP contribution in [0, 0.1) is 13.8 Å². The van der Waals surface area contributed by atoms with Crippen molar-refractivity contribution >= 4 is 11.7 Å². The molecule has 2 fully saturated rings. The van der Waals surface area contributed by atoms with Crippen molar-refractivity contribution in [3.8, 4) is 0 Å². The Morgan fingerprint density at radius 2 is 2.20 bits per heavy atom. The third-order valence-corrected chi connectivity index (χ3v) is 4.49. The minimum atomic E-state index is -0.904. The fraction of sp³-hybridized carbons (Fsp3) is 0.600. The van der Waals surface area contributed by atoms with Crippen LogP contribution in [0.1, 0.15) is 41.0 Å². The number of fused-ring (bicyclic) bond motifs is 1. The number of aromatic nitrogens is 1. The molecule has 5 heteroatoms. The van der Waals surface area contributed by atoms with E-state index in [0.29, 0.717) is 23.3 Å². The monoisotopic (exact) mass is 275 g/mol. The Balaban J connectivity index is 1.88. The van der Waals surface area contributed by atoms with Gasteiger partial charge in [0.15, 0.2) is 0 Å². The molecule has 1 aromatic heterocycles. The topological polar surface area (TPSA) is 65.5 Å². The van der Waals surface area contributed by atoms with Gasteiger partial charge >= 0.3 is 5.97 Å². The van der Waals surface area contributed by atoms with Crippen molar-refractivity contribution in [2.45, 2.75) is 45.2 Å². The van der Waals surface area contributed by atoms with Gasteiger partial charge in [-0.2, -0.15) is 0 Å². The van der Waals surface area contributed by atoms with Crippen LogP contribution < -0.4 is 5.32 Å². The first kappa shape index (κ1) is 13.4. The molecule has 2 aliphatic rings. The van der Waals surface area contributed by atoms with Gasteiger partial charge in [0.2, 0.25) is 0 Å². The van der Waals surface area contributed by atoms with Crippen LogP contribution in [0.5, 0.6) is 0 Å². The molecule has 5 nitrogen and oxygen atoms in total. The molecular weight excluding hydrogens is 254 g/mol. The van der Waals surface area contributed by atoms with E-state index in [1.54, 1.807) is 6.92 Å². The minimum Gasteiger partial charge on any atom is -0.478 e. The van der Waals surface area contributed by atoms with E-state index in [9.17, 15) is 9.90 Å². The van der Waals surface area contributed by atoms with Gasteiger partial charge < -0.3 is 10.4 Å². The molecule has 3 heterocycles. The van der Waals surface area contributed by atoms with Crippen molar-refractivity contribution in [3.05, 3.63) is 23.0 Å². The molecule has 2 saturated heterocycles. The van der Waals surface area contributed by atoms with Crippen molar-refractivity contribution in [3.63, 3.8) is 0 Å². The maximum Gasteiger partial charge on any atom is 0.339 e. The number of hydrogen-bond donors (Lipinski definition) is 2. The van der Waals surface area contributed by atoms with Crippen LogP contribution >= 0.6 is 0 Å². The van der Waals surface area contributed by atoms with Crippen molar-refractivity contribution in [1.29, 1.82) is 0 Å². The van der Waals surface area contributed by atoms with Gasteiger partial charge in [-0.15, -0.1) is 0 Å². The first-order chi connectivity index (χ1) is 9.56. The Morgan fingerprint density at radius 1 is 1.40 bits per heavy atom. The molecule has 3 rings (SSSR count). The zero-order valence-corrected chi connectivity index (χ0v) is 12.0. The van der Waals surface area contributed by atoms with E-state index in [-0.39, 0.29) is 0 Å². The number of nitrogens with zero attached hydrogens (tertiary/aromatic N) is 2. The van der Waals surface area contributed by atoms with Crippen LogP contribution in [0.2, 0.25) is 0 Å². The molecule has 0 aliphatic carbocycles. The number of rotatable bonds is 3. The summed E-state index contributed by atoms with van der Waals surface area (Å²) in [5.74, 6) is -0.904. The van der Waals surface area contributed by atoms with Gasteiger partial charge in [0.25, 0.3) is 0 Å². The lowest BCUT2D eigenvalue weighted by Crippen LogP contribution is -2.34. The fourth-order valence-corrected chi connectivity index (χ4v) is 3.66. The summed E-state index contributed by atoms with van der Waals surface area (Å²) in [5, 5.41) is 12.9. The minimum absolute atomic E-state index is 0.312. The van der Waals surface area contributed by atoms with E-state index in [2.05, 4.69) is 15.2 Å². The molecule has 0 spiro atoms. The van der Waals surface area contributed by atoms with E-state index in [4.69, 9.17) is 0 Å². The normalized spacial score (nSPS) is 25.7. The second-order valence-electron chi connectivity index (χ2n) is 5.86. The second-order valence-corrected chi connectivity index (χ2v) is 5.86. The molecule has 0 bridgehead atoms. The van der Waals surface area contributed by atoms with E-state index in [1.807, 2.05) is 13.0 Å². The number of carbonyl (C=O) groups is 1. The van der Waals surface area contributed by atoms with Gasteiger partial charge in [0, 0.05) is 24.3 Å². The molecular formula is C15H21N3O2. The third-order valence-electron chi connectivity index (χ3n) is 4.49. The summed E-state index contributed by atoms with van der Waals surface area (Å²) < 4.78 is 0. The fourth-order valence-electron chi connectivity index (χ4n) is 3.66. The van der Waals surface area contributed by atoms with Gasteiger partial charge in [0.05, 0.1) is 11.4 Å². The number of hydrogen-bond acceptors (Lipinski definition) is 4. The molecule has 0 radical (unpaired) electrons. The van der Waals surface area contributed by atoms with Crippen LogP contribution in [0.4, 0.5) is 5.69 Å². The van der Waals surface area contributed by atoms with Crippen molar-refractivity contribution in [2.75, 3.05) is 18.4 Å². The Kier molecular flexibility index (Phi) is 3.38. The number of anilines is 1. The Bertz CT molecular complexity index is 544. The number of pyridine rings is 1. The van der Waals surface area contributed by atoms with E-state index >= 15 is 0 Å². The van der Waals surface area contributed by atoms with Crippen molar-refractivity contribution in [2.24, 2.45) is 0 Å². The Hall–Kier alpha value is -1.62. The first-order valence-electron chi connectivity index (χ1n) is 7.28. The molecule has 2 atom stereocenters. The van der Waals surface area contributed by atoms with Gasteiger partial charge in [-0.1, -0.05) is 0 Å². The molecule has 2 N–H and O–H groups in total. The number of aromatic carboxylic acids is 1. The molecule has 0 saturated carbocycles. The zero-order valence-electron chi connectivity index (χ0n) is 12.0. The first-order valence-corrected chi connectivity index (χ1v) is 7.28. The average Bonchev–Trinajstić information content (AvgIpc) is 2.92. The Labute approximate surface area is 119 Å². The van der Waals surface area contributed by atoms with Crippen molar-refractivity contribution in [1.82, 2.24) is 9.88 Å². The van der Waals surface area contributed by atoms with Gasteiger partial charge in [-0.25, -0.2) is 4.79 Å². The lowest BCUT2D eigenvalue weighted by molar-refractivity contribution is 0.0696. The quantitative estimate of drug-likeness (QED) is 0.883.